The average molecular weight is 933 g/mol. The lowest BCUT2D eigenvalue weighted by Crippen LogP contribution is -2.57. The van der Waals surface area contributed by atoms with E-state index in [1.165, 1.54) is 9.80 Å². The number of carboxylic acid groups (broad SMARTS) is 3. The second kappa shape index (κ2) is 27.9. The highest BCUT2D eigenvalue weighted by molar-refractivity contribution is 5.97. The molecule has 368 valence electrons. The van der Waals surface area contributed by atoms with Crippen LogP contribution in [0.15, 0.2) is 0 Å². The van der Waals surface area contributed by atoms with Crippen molar-refractivity contribution in [3.05, 3.63) is 0 Å². The molecule has 0 unspecified atom stereocenters. The highest BCUT2D eigenvalue weighted by atomic mass is 16.4. The molecule has 3 saturated heterocycles. The first kappa shape index (κ1) is 54.9. The molecule has 66 heavy (non-hydrogen) atoms. The fourth-order valence-corrected chi connectivity index (χ4v) is 9.13. The van der Waals surface area contributed by atoms with Crippen LogP contribution in [0.3, 0.4) is 0 Å². The summed E-state index contributed by atoms with van der Waals surface area (Å²) in [4.78, 5) is 133. The van der Waals surface area contributed by atoms with Crippen LogP contribution in [-0.4, -0.2) is 169 Å². The minimum atomic E-state index is -1.61. The topological polar surface area (TPSA) is 332 Å². The van der Waals surface area contributed by atoms with E-state index in [1.807, 2.05) is 0 Å². The van der Waals surface area contributed by atoms with Gasteiger partial charge in [-0.3, -0.25) is 43.2 Å². The molecule has 0 spiro atoms. The molecule has 3 fully saturated rings. The smallest absolute Gasteiger partial charge is 0.326 e. The first-order valence-electron chi connectivity index (χ1n) is 23.1. The molecule has 0 aromatic heterocycles. The fraction of sp³-hybridized carbons (Fsp3) is 0.733. The Hall–Kier alpha value is -5.46. The number of unbranched alkanes of at least 4 members (excludes halogenated alkanes) is 1. The van der Waals surface area contributed by atoms with Gasteiger partial charge in [-0.25, -0.2) is 4.79 Å². The number of likely N-dealkylation sites (tertiary alicyclic amines) is 3. The molecule has 3 aliphatic rings. The Labute approximate surface area is 384 Å². The number of Topliss-reactive ketones (excluding diaryl/α,β-unsaturated/α-hetero) is 2. The Kier molecular flexibility index (Phi) is 23.2. The number of nitrogens with zero attached hydrogens (tertiary/aromatic N) is 3. The summed E-state index contributed by atoms with van der Waals surface area (Å²) in [7, 11) is 0. The molecule has 0 aromatic carbocycles. The summed E-state index contributed by atoms with van der Waals surface area (Å²) < 4.78 is 0. The third-order valence-electron chi connectivity index (χ3n) is 12.8. The number of hydrogen-bond donors (Lipinski definition) is 8. The van der Waals surface area contributed by atoms with E-state index >= 15 is 0 Å². The highest BCUT2D eigenvalue weighted by Crippen LogP contribution is 2.30. The summed E-state index contributed by atoms with van der Waals surface area (Å²) in [5.74, 6) is -8.34. The van der Waals surface area contributed by atoms with Crippen molar-refractivity contribution in [2.45, 2.75) is 152 Å². The first-order valence-corrected chi connectivity index (χ1v) is 23.1. The van der Waals surface area contributed by atoms with Crippen LogP contribution in [-0.2, 0) is 47.9 Å². The maximum Gasteiger partial charge on any atom is 0.326 e. The molecule has 0 radical (unpaired) electrons. The number of rotatable bonds is 30. The lowest BCUT2D eigenvalue weighted by Gasteiger charge is -2.33. The second-order valence-corrected chi connectivity index (χ2v) is 17.5. The van der Waals surface area contributed by atoms with Gasteiger partial charge >= 0.3 is 17.9 Å². The van der Waals surface area contributed by atoms with Gasteiger partial charge in [0.2, 0.25) is 29.5 Å². The van der Waals surface area contributed by atoms with Crippen molar-refractivity contribution < 1.29 is 73.5 Å². The molecule has 8 atom stereocenters. The number of carboxylic acids is 3. The molecule has 0 bridgehead atoms. The molecule has 3 heterocycles. The van der Waals surface area contributed by atoms with E-state index in [1.54, 1.807) is 4.90 Å². The van der Waals surface area contributed by atoms with Gasteiger partial charge in [-0.05, 0) is 83.6 Å². The summed E-state index contributed by atoms with van der Waals surface area (Å²) in [6.45, 7) is -0.278. The molecule has 21 nitrogen and oxygen atoms in total. The van der Waals surface area contributed by atoms with Gasteiger partial charge in [0.1, 0.15) is 23.9 Å². The van der Waals surface area contributed by atoms with E-state index in [-0.39, 0.29) is 75.8 Å². The third kappa shape index (κ3) is 16.5. The summed E-state index contributed by atoms with van der Waals surface area (Å²) in [6, 6.07) is -5.47. The van der Waals surface area contributed by atoms with Gasteiger partial charge < -0.3 is 56.6 Å². The zero-order chi connectivity index (χ0) is 48.9. The second-order valence-electron chi connectivity index (χ2n) is 17.5. The molecule has 0 aliphatic carbocycles. The SMILES string of the molecule is C#CCCC(=O)C[C@@H](CCCCN)C(=O)N1CCC[C@H]1CC[C@@H](CO)C(=O)N[C@H](CO)C(=O)N1CCC[C@H]1C(=O)N1CCC[C@H]1C(=O)C[C@@H](CCC(=O)O)C(=O)N[C@@H](CCC(=O)O)C(=O)O. The van der Waals surface area contributed by atoms with Gasteiger partial charge in [0, 0.05) is 76.0 Å². The van der Waals surface area contributed by atoms with Crippen LogP contribution in [0.1, 0.15) is 122 Å². The molecule has 3 rings (SSSR count). The number of carbonyl (C=O) groups excluding carboxylic acids is 7. The predicted octanol–water partition coefficient (Wildman–Crippen LogP) is -0.183. The van der Waals surface area contributed by atoms with Crippen LogP contribution in [0.4, 0.5) is 0 Å². The molecule has 3 aliphatic heterocycles. The number of amides is 5. The zero-order valence-corrected chi connectivity index (χ0v) is 37.6. The number of carbonyl (C=O) groups is 10. The minimum absolute atomic E-state index is 0.0707. The predicted molar refractivity (Wildman–Crippen MR) is 234 cm³/mol. The molecule has 9 N–H and O–H groups in total. The Morgan fingerprint density at radius 3 is 1.86 bits per heavy atom. The average Bonchev–Trinajstić information content (AvgIpc) is 4.09. The first-order chi connectivity index (χ1) is 31.5. The van der Waals surface area contributed by atoms with Crippen molar-refractivity contribution in [3.63, 3.8) is 0 Å². The molecule has 0 saturated carbocycles. The lowest BCUT2D eigenvalue weighted by atomic mass is 9.92. The van der Waals surface area contributed by atoms with Crippen LogP contribution in [0, 0.1) is 30.1 Å². The van der Waals surface area contributed by atoms with Crippen molar-refractivity contribution >= 4 is 59.0 Å². The minimum Gasteiger partial charge on any atom is -0.481 e. The number of nitrogens with two attached hydrogens (primary N) is 1. The van der Waals surface area contributed by atoms with Crippen molar-refractivity contribution in [2.24, 2.45) is 23.5 Å². The Balaban J connectivity index is 1.66. The van der Waals surface area contributed by atoms with E-state index in [0.717, 1.165) is 0 Å². The Bertz CT molecular complexity index is 1790. The quantitative estimate of drug-likeness (QED) is 0.0342. The highest BCUT2D eigenvalue weighted by Gasteiger charge is 2.44. The van der Waals surface area contributed by atoms with Gasteiger partial charge in [0.05, 0.1) is 25.2 Å². The normalized spacial score (nSPS) is 20.4. The van der Waals surface area contributed by atoms with Gasteiger partial charge in [0.25, 0.3) is 0 Å². The number of hydrogen-bond acceptors (Lipinski definition) is 13. The van der Waals surface area contributed by atoms with E-state index < -0.39 is 128 Å². The van der Waals surface area contributed by atoms with Crippen LogP contribution in [0.25, 0.3) is 0 Å². The largest absolute Gasteiger partial charge is 0.481 e. The molecular weight excluding hydrogens is 865 g/mol. The number of ketones is 2. The number of aliphatic hydroxyl groups is 2. The maximum absolute atomic E-state index is 14.1. The van der Waals surface area contributed by atoms with E-state index in [0.29, 0.717) is 64.5 Å². The summed E-state index contributed by atoms with van der Waals surface area (Å²) in [5.41, 5.74) is 5.67. The van der Waals surface area contributed by atoms with Crippen molar-refractivity contribution in [1.82, 2.24) is 25.3 Å². The zero-order valence-electron chi connectivity index (χ0n) is 37.6. The lowest BCUT2D eigenvalue weighted by molar-refractivity contribution is -0.148. The molecule has 21 heteroatoms. The molecule has 5 amide bonds. The van der Waals surface area contributed by atoms with Gasteiger partial charge in [-0.15, -0.1) is 12.3 Å². The third-order valence-corrected chi connectivity index (χ3v) is 12.8. The Morgan fingerprint density at radius 1 is 0.636 bits per heavy atom. The number of terminal acetylenes is 1. The standard InChI is InChI=1S/C45H68N6O15/c1-2-3-11-32(54)24-29(9-4-5-20-46)42(62)49-21-6-10-31(49)16-14-30(26-52)41(61)48-34(27-53)43(63)51-23-8-13-36(51)44(64)50-22-7-12-35(50)37(55)25-28(15-18-38(56)57)40(60)47-33(45(65)66)17-19-39(58)59/h1,28-31,33-36,52-53H,3-27,46H2,(H,47,60)(H,48,61)(H,56,57)(H,58,59)(H,65,66)/t28-,29-,30+,31+,33+,34-,35+,36+/m1/s1. The van der Waals surface area contributed by atoms with E-state index in [2.05, 4.69) is 16.6 Å². The fourth-order valence-electron chi connectivity index (χ4n) is 9.13. The van der Waals surface area contributed by atoms with Gasteiger partial charge in [-0.1, -0.05) is 6.42 Å². The molecular formula is C45H68N6O15. The van der Waals surface area contributed by atoms with Crippen molar-refractivity contribution in [2.75, 3.05) is 39.4 Å². The number of nitrogens with one attached hydrogen (secondary N) is 2. The van der Waals surface area contributed by atoms with E-state index in [4.69, 9.17) is 17.3 Å². The number of aliphatic hydroxyl groups excluding tert-OH is 2. The van der Waals surface area contributed by atoms with Crippen LogP contribution >= 0.6 is 0 Å². The van der Waals surface area contributed by atoms with Crippen LogP contribution in [0.5, 0.6) is 0 Å². The van der Waals surface area contributed by atoms with Gasteiger partial charge in [0.15, 0.2) is 5.78 Å². The number of aliphatic carboxylic acids is 3. The van der Waals surface area contributed by atoms with Crippen molar-refractivity contribution in [1.29, 1.82) is 0 Å². The monoisotopic (exact) mass is 932 g/mol. The summed E-state index contributed by atoms with van der Waals surface area (Å²) in [6.07, 6.45) is 8.30. The van der Waals surface area contributed by atoms with Crippen LogP contribution in [0.2, 0.25) is 0 Å². The summed E-state index contributed by atoms with van der Waals surface area (Å²) >= 11 is 0. The summed E-state index contributed by atoms with van der Waals surface area (Å²) in [5, 5.41) is 53.1. The molecule has 0 aromatic rings. The maximum atomic E-state index is 14.1. The Morgan fingerprint density at radius 2 is 1.24 bits per heavy atom. The van der Waals surface area contributed by atoms with Gasteiger partial charge in [-0.2, -0.15) is 0 Å². The van der Waals surface area contributed by atoms with Crippen LogP contribution < -0.4 is 16.4 Å². The van der Waals surface area contributed by atoms with E-state index in [9.17, 15) is 68.4 Å². The van der Waals surface area contributed by atoms with Crippen molar-refractivity contribution in [3.8, 4) is 12.3 Å².